The molecule has 0 radical (unpaired) electrons. The van der Waals surface area contributed by atoms with Crippen LogP contribution in [0.25, 0.3) is 11.4 Å². The molecule has 0 saturated carbocycles. The molecule has 5 rings (SSSR count). The Hall–Kier alpha value is -5.94. The fraction of sp³-hybridized carbons (Fsp3) is 0.455. The second kappa shape index (κ2) is 28.9. The van der Waals surface area contributed by atoms with Gasteiger partial charge in [-0.3, -0.25) is 19.2 Å². The molecular weight excluding hydrogens is 825 g/mol. The third kappa shape index (κ3) is 16.8. The van der Waals surface area contributed by atoms with Crippen LogP contribution in [0, 0.1) is 0 Å². The number of benzene rings is 4. The summed E-state index contributed by atoms with van der Waals surface area (Å²) in [5.74, 6) is -0.303. The van der Waals surface area contributed by atoms with Crippen LogP contribution in [0.3, 0.4) is 0 Å². The van der Waals surface area contributed by atoms with E-state index < -0.39 is 0 Å². The van der Waals surface area contributed by atoms with E-state index in [2.05, 4.69) is 28.2 Å². The predicted octanol–water partition coefficient (Wildman–Crippen LogP) is 10.5. The van der Waals surface area contributed by atoms with Crippen molar-refractivity contribution in [3.8, 4) is 0 Å². The highest BCUT2D eigenvalue weighted by Crippen LogP contribution is 2.35. The standard InChI is InChI=1S/C55H74N6O5/c1-2-3-4-5-6-8-21-38-57-50(63)32-18-19-33-51(64)61-41-44-26-14-15-29-47(44)52(56)53(48-30-16-17-31-49(48)61)58-39-22-20-28-45(27-13-7-9-23-40-62)59-55(66)43-34-36-46(37-35-43)60-54(65)42-24-11-10-12-25-42/h10-12,14-17,24-26,29-31,34-37,45,58,62H,2-9,13,18-23,27-28,32-33,38-41,56H2,1H3,(H,57,63)(H,59,66)(H,60,65)/b53-52-. The highest BCUT2D eigenvalue weighted by atomic mass is 16.3. The van der Waals surface area contributed by atoms with Crippen molar-refractivity contribution in [2.24, 2.45) is 5.73 Å². The van der Waals surface area contributed by atoms with E-state index >= 15 is 0 Å². The third-order valence-corrected chi connectivity index (χ3v) is 12.3. The van der Waals surface area contributed by atoms with Gasteiger partial charge in [-0.05, 0) is 99.4 Å². The lowest BCUT2D eigenvalue weighted by Crippen LogP contribution is -2.35. The van der Waals surface area contributed by atoms with Crippen molar-refractivity contribution in [1.82, 2.24) is 16.0 Å². The van der Waals surface area contributed by atoms with Gasteiger partial charge in [0.25, 0.3) is 11.8 Å². The van der Waals surface area contributed by atoms with Gasteiger partial charge in [0.2, 0.25) is 11.8 Å². The lowest BCUT2D eigenvalue weighted by atomic mass is 9.95. The molecule has 0 spiro atoms. The Morgan fingerprint density at radius 1 is 0.621 bits per heavy atom. The predicted molar refractivity (Wildman–Crippen MR) is 269 cm³/mol. The minimum Gasteiger partial charge on any atom is -0.397 e. The summed E-state index contributed by atoms with van der Waals surface area (Å²) in [5, 5.41) is 22.2. The van der Waals surface area contributed by atoms with Crippen LogP contribution in [-0.4, -0.2) is 54.5 Å². The number of nitrogens with one attached hydrogen (secondary N) is 4. The molecule has 11 heteroatoms. The SMILES string of the molecule is CCCCCCCCCNC(=O)CCCCC(=O)N1Cc2ccccc2/C(N)=C(/NCCCCC(CCCCCCO)NC(=O)c2ccc(NC(=O)c3ccccc3)cc2)c2ccccc21. The monoisotopic (exact) mass is 899 g/mol. The number of unbranched alkanes of at least 4 members (excludes halogenated alkanes) is 11. The first-order valence-electron chi connectivity index (χ1n) is 24.7. The van der Waals surface area contributed by atoms with Gasteiger partial charge in [0.1, 0.15) is 0 Å². The lowest BCUT2D eigenvalue weighted by Gasteiger charge is -2.30. The van der Waals surface area contributed by atoms with Crippen LogP contribution >= 0.6 is 0 Å². The molecule has 0 aliphatic carbocycles. The Labute approximate surface area is 393 Å². The Morgan fingerprint density at radius 3 is 1.98 bits per heavy atom. The minimum atomic E-state index is -0.211. The van der Waals surface area contributed by atoms with Crippen LogP contribution in [0.5, 0.6) is 0 Å². The zero-order valence-electron chi connectivity index (χ0n) is 39.3. The fourth-order valence-corrected chi connectivity index (χ4v) is 8.52. The molecule has 1 heterocycles. The van der Waals surface area contributed by atoms with E-state index in [1.165, 1.54) is 32.1 Å². The maximum atomic E-state index is 14.1. The molecule has 1 atom stereocenters. The van der Waals surface area contributed by atoms with E-state index in [1.54, 1.807) is 36.4 Å². The van der Waals surface area contributed by atoms with Crippen LogP contribution in [-0.2, 0) is 16.1 Å². The van der Waals surface area contributed by atoms with Crippen LogP contribution in [0.15, 0.2) is 103 Å². The normalized spacial score (nSPS) is 13.7. The Kier molecular flexibility index (Phi) is 22.3. The van der Waals surface area contributed by atoms with Gasteiger partial charge in [-0.25, -0.2) is 0 Å². The van der Waals surface area contributed by atoms with Crippen molar-refractivity contribution in [3.05, 3.63) is 131 Å². The lowest BCUT2D eigenvalue weighted by molar-refractivity contribution is -0.122. The van der Waals surface area contributed by atoms with Crippen molar-refractivity contribution in [2.45, 2.75) is 142 Å². The van der Waals surface area contributed by atoms with E-state index in [9.17, 15) is 24.3 Å². The molecule has 1 unspecified atom stereocenters. The van der Waals surface area contributed by atoms with Gasteiger partial charge in [-0.1, -0.05) is 125 Å². The number of nitrogens with two attached hydrogens (primary N) is 1. The zero-order chi connectivity index (χ0) is 46.8. The van der Waals surface area contributed by atoms with Gasteiger partial charge in [-0.2, -0.15) is 0 Å². The molecular formula is C55H74N6O5. The molecule has 11 nitrogen and oxygen atoms in total. The number of hydrogen-bond acceptors (Lipinski definition) is 7. The number of para-hydroxylation sites is 1. The maximum Gasteiger partial charge on any atom is 0.255 e. The molecule has 0 bridgehead atoms. The summed E-state index contributed by atoms with van der Waals surface area (Å²) in [6.07, 6.45) is 17.4. The fourth-order valence-electron chi connectivity index (χ4n) is 8.52. The number of carbonyl (C=O) groups is 4. The molecule has 1 aliphatic heterocycles. The Bertz CT molecular complexity index is 2140. The van der Waals surface area contributed by atoms with E-state index in [4.69, 9.17) is 5.73 Å². The summed E-state index contributed by atoms with van der Waals surface area (Å²) in [5.41, 5.74) is 13.6. The van der Waals surface area contributed by atoms with Crippen LogP contribution in [0.4, 0.5) is 11.4 Å². The van der Waals surface area contributed by atoms with Gasteiger partial charge in [0.05, 0.1) is 23.6 Å². The second-order valence-electron chi connectivity index (χ2n) is 17.5. The summed E-state index contributed by atoms with van der Waals surface area (Å²) in [4.78, 5) is 54.6. The average Bonchev–Trinajstić information content (AvgIpc) is 3.33. The van der Waals surface area contributed by atoms with Crippen molar-refractivity contribution >= 4 is 46.4 Å². The van der Waals surface area contributed by atoms with E-state index in [0.717, 1.165) is 92.3 Å². The molecule has 0 aromatic heterocycles. The highest BCUT2D eigenvalue weighted by Gasteiger charge is 2.26. The second-order valence-corrected chi connectivity index (χ2v) is 17.5. The number of hydrogen-bond donors (Lipinski definition) is 6. The molecule has 4 aromatic rings. The van der Waals surface area contributed by atoms with Crippen molar-refractivity contribution < 1.29 is 24.3 Å². The molecule has 0 fully saturated rings. The summed E-state index contributed by atoms with van der Waals surface area (Å²) >= 11 is 0. The number of aliphatic hydroxyl groups excluding tert-OH is 1. The number of fused-ring (bicyclic) bond motifs is 2. The molecule has 0 saturated heterocycles. The van der Waals surface area contributed by atoms with Gasteiger partial charge >= 0.3 is 0 Å². The van der Waals surface area contributed by atoms with Crippen LogP contribution in [0.1, 0.15) is 166 Å². The summed E-state index contributed by atoms with van der Waals surface area (Å²) in [6.45, 7) is 4.14. The largest absolute Gasteiger partial charge is 0.397 e. The number of nitrogens with zero attached hydrogens (tertiary/aromatic N) is 1. The van der Waals surface area contributed by atoms with Crippen molar-refractivity contribution in [2.75, 3.05) is 29.9 Å². The Morgan fingerprint density at radius 2 is 1.23 bits per heavy atom. The third-order valence-electron chi connectivity index (χ3n) is 12.3. The summed E-state index contributed by atoms with van der Waals surface area (Å²) < 4.78 is 0. The molecule has 4 amide bonds. The highest BCUT2D eigenvalue weighted by molar-refractivity contribution is 6.04. The zero-order valence-corrected chi connectivity index (χ0v) is 39.3. The van der Waals surface area contributed by atoms with Gasteiger partial charge < -0.3 is 37.0 Å². The van der Waals surface area contributed by atoms with Crippen molar-refractivity contribution in [3.63, 3.8) is 0 Å². The van der Waals surface area contributed by atoms with E-state index in [0.29, 0.717) is 67.8 Å². The first-order valence-corrected chi connectivity index (χ1v) is 24.7. The number of aliphatic hydroxyl groups is 1. The molecule has 1 aliphatic rings. The minimum absolute atomic E-state index is 0.00998. The van der Waals surface area contributed by atoms with Gasteiger partial charge in [0.15, 0.2) is 0 Å². The number of carbonyl (C=O) groups excluding carboxylic acids is 4. The van der Waals surface area contributed by atoms with Gasteiger partial charge in [0, 0.05) is 66.5 Å². The number of amides is 4. The quantitative estimate of drug-likeness (QED) is 0.0295. The average molecular weight is 899 g/mol. The van der Waals surface area contributed by atoms with Crippen LogP contribution in [0.2, 0.25) is 0 Å². The van der Waals surface area contributed by atoms with Crippen molar-refractivity contribution in [1.29, 1.82) is 0 Å². The van der Waals surface area contributed by atoms with E-state index in [1.807, 2.05) is 71.6 Å². The first kappa shape index (κ1) is 51.1. The molecule has 4 aromatic carbocycles. The molecule has 7 N–H and O–H groups in total. The smallest absolute Gasteiger partial charge is 0.255 e. The van der Waals surface area contributed by atoms with Gasteiger partial charge in [-0.15, -0.1) is 0 Å². The summed E-state index contributed by atoms with van der Waals surface area (Å²) in [6, 6.07) is 31.8. The molecule has 66 heavy (non-hydrogen) atoms. The summed E-state index contributed by atoms with van der Waals surface area (Å²) in [7, 11) is 0. The topological polar surface area (TPSA) is 166 Å². The number of anilines is 2. The Balaban J connectivity index is 1.16. The number of rotatable bonds is 29. The van der Waals surface area contributed by atoms with E-state index in [-0.39, 0.29) is 36.3 Å². The van der Waals surface area contributed by atoms with Crippen LogP contribution < -0.4 is 31.9 Å². The first-order chi connectivity index (χ1) is 32.3. The molecule has 354 valence electrons. The maximum absolute atomic E-state index is 14.1.